The summed E-state index contributed by atoms with van der Waals surface area (Å²) < 4.78 is 32.9. The molecule has 0 saturated carbocycles. The number of halogens is 1. The van der Waals surface area contributed by atoms with Crippen molar-refractivity contribution in [3.05, 3.63) is 22.7 Å². The predicted molar refractivity (Wildman–Crippen MR) is 76.7 cm³/mol. The number of hydrogen-bond donors (Lipinski definition) is 2. The lowest BCUT2D eigenvalue weighted by Crippen LogP contribution is -2.38. The summed E-state index contributed by atoms with van der Waals surface area (Å²) in [6.45, 7) is 3.40. The number of methoxy groups -OCH3 is 1. The number of ether oxygens (including phenoxy) is 1. The fourth-order valence-corrected chi connectivity index (χ4v) is 3.50. The monoisotopic (exact) mass is 351 g/mol. The van der Waals surface area contributed by atoms with Crippen LogP contribution < -0.4 is 9.46 Å². The van der Waals surface area contributed by atoms with E-state index in [1.807, 2.05) is 0 Å². The quantitative estimate of drug-likeness (QED) is 0.818. The summed E-state index contributed by atoms with van der Waals surface area (Å²) >= 11 is 3.24. The molecule has 1 aromatic carbocycles. The minimum absolute atomic E-state index is 0.0707. The normalized spacial score (nSPS) is 15.0. The molecule has 1 aromatic rings. The first-order chi connectivity index (χ1) is 8.81. The molecule has 108 valence electrons. The highest BCUT2D eigenvalue weighted by molar-refractivity contribution is 9.10. The summed E-state index contributed by atoms with van der Waals surface area (Å²) in [5, 5.41) is 9.05. The molecular weight excluding hydrogens is 334 g/mol. The minimum Gasteiger partial charge on any atom is -0.495 e. The number of hydrogen-bond acceptors (Lipinski definition) is 4. The number of aliphatic hydroxyl groups excluding tert-OH is 1. The summed E-state index contributed by atoms with van der Waals surface area (Å²) in [7, 11) is -2.28. The number of sulfonamides is 1. The second kappa shape index (κ2) is 6.69. The smallest absolute Gasteiger partial charge is 0.244 e. The van der Waals surface area contributed by atoms with Gasteiger partial charge in [0, 0.05) is 17.1 Å². The van der Waals surface area contributed by atoms with E-state index in [9.17, 15) is 8.42 Å². The Hall–Kier alpha value is -0.630. The second-order valence-electron chi connectivity index (χ2n) is 4.37. The van der Waals surface area contributed by atoms with Crippen molar-refractivity contribution < 1.29 is 18.3 Å². The van der Waals surface area contributed by atoms with Gasteiger partial charge in [0.05, 0.1) is 7.11 Å². The van der Waals surface area contributed by atoms with Crippen LogP contribution >= 0.6 is 15.9 Å². The van der Waals surface area contributed by atoms with E-state index in [0.717, 1.165) is 0 Å². The van der Waals surface area contributed by atoms with E-state index in [1.54, 1.807) is 26.0 Å². The Labute approximate surface area is 122 Å². The van der Waals surface area contributed by atoms with Gasteiger partial charge in [0.15, 0.2) is 0 Å². The third-order valence-electron chi connectivity index (χ3n) is 2.90. The van der Waals surface area contributed by atoms with Crippen LogP contribution in [0, 0.1) is 5.92 Å². The van der Waals surface area contributed by atoms with Crippen LogP contribution in [0.2, 0.25) is 0 Å². The number of nitrogens with one attached hydrogen (secondary N) is 1. The van der Waals surface area contributed by atoms with Crippen molar-refractivity contribution in [3.63, 3.8) is 0 Å². The Morgan fingerprint density at radius 3 is 2.58 bits per heavy atom. The second-order valence-corrected chi connectivity index (χ2v) is 6.96. The van der Waals surface area contributed by atoms with Crippen molar-refractivity contribution >= 4 is 26.0 Å². The fourth-order valence-electron chi connectivity index (χ4n) is 1.44. The highest BCUT2D eigenvalue weighted by atomic mass is 79.9. The Morgan fingerprint density at radius 1 is 1.42 bits per heavy atom. The average Bonchev–Trinajstić information content (AvgIpc) is 2.37. The molecule has 0 aliphatic rings. The van der Waals surface area contributed by atoms with Gasteiger partial charge in [-0.25, -0.2) is 13.1 Å². The molecule has 0 aliphatic heterocycles. The molecule has 0 fully saturated rings. The first kappa shape index (κ1) is 16.4. The number of rotatable bonds is 6. The van der Waals surface area contributed by atoms with E-state index in [-0.39, 0.29) is 29.2 Å². The van der Waals surface area contributed by atoms with Gasteiger partial charge in [-0.2, -0.15) is 0 Å². The van der Waals surface area contributed by atoms with Gasteiger partial charge < -0.3 is 9.84 Å². The lowest BCUT2D eigenvalue weighted by atomic mass is 10.1. The molecule has 5 nitrogen and oxygen atoms in total. The molecule has 0 saturated heterocycles. The molecule has 2 atom stereocenters. The van der Waals surface area contributed by atoms with Crippen molar-refractivity contribution in [3.8, 4) is 5.75 Å². The van der Waals surface area contributed by atoms with Crippen LogP contribution in [0.3, 0.4) is 0 Å². The summed E-state index contributed by atoms with van der Waals surface area (Å²) in [6, 6.07) is 4.40. The zero-order valence-corrected chi connectivity index (χ0v) is 13.5. The van der Waals surface area contributed by atoms with Crippen LogP contribution in [0.1, 0.15) is 13.8 Å². The number of benzene rings is 1. The predicted octanol–water partition coefficient (Wildman–Crippen LogP) is 1.75. The highest BCUT2D eigenvalue weighted by Gasteiger charge is 2.24. The van der Waals surface area contributed by atoms with Crippen LogP contribution in [0.15, 0.2) is 27.6 Å². The molecule has 0 radical (unpaired) electrons. The maximum Gasteiger partial charge on any atom is 0.244 e. The van der Waals surface area contributed by atoms with Crippen LogP contribution in [0.5, 0.6) is 5.75 Å². The highest BCUT2D eigenvalue weighted by Crippen LogP contribution is 2.27. The molecule has 0 bridgehead atoms. The van der Waals surface area contributed by atoms with Gasteiger partial charge in [-0.05, 0) is 31.0 Å². The van der Waals surface area contributed by atoms with E-state index in [4.69, 9.17) is 9.84 Å². The van der Waals surface area contributed by atoms with E-state index in [1.165, 1.54) is 13.2 Å². The van der Waals surface area contributed by atoms with E-state index >= 15 is 0 Å². The maximum atomic E-state index is 12.3. The molecule has 0 aromatic heterocycles. The van der Waals surface area contributed by atoms with Gasteiger partial charge in [-0.3, -0.25) is 0 Å². The summed E-state index contributed by atoms with van der Waals surface area (Å²) in [6.07, 6.45) is 0. The molecular formula is C12H18BrNO4S. The van der Waals surface area contributed by atoms with Crippen molar-refractivity contribution in [2.75, 3.05) is 13.7 Å². The van der Waals surface area contributed by atoms with Crippen molar-refractivity contribution in [2.45, 2.75) is 24.8 Å². The Kier molecular flexibility index (Phi) is 5.79. The standard InChI is InChI=1S/C12H18BrNO4S/c1-8(7-15)9(2)14-19(16,17)12-6-10(13)4-5-11(12)18-3/h4-6,8-9,14-15H,7H2,1-3H3. The van der Waals surface area contributed by atoms with Crippen molar-refractivity contribution in [1.82, 2.24) is 4.72 Å². The largest absolute Gasteiger partial charge is 0.495 e. The minimum atomic E-state index is -3.70. The van der Waals surface area contributed by atoms with Crippen LogP contribution in [0.4, 0.5) is 0 Å². The lowest BCUT2D eigenvalue weighted by Gasteiger charge is -2.20. The molecule has 0 aliphatic carbocycles. The Morgan fingerprint density at radius 2 is 2.05 bits per heavy atom. The lowest BCUT2D eigenvalue weighted by molar-refractivity contribution is 0.216. The topological polar surface area (TPSA) is 75.6 Å². The van der Waals surface area contributed by atoms with Crippen LogP contribution in [-0.2, 0) is 10.0 Å². The van der Waals surface area contributed by atoms with Gasteiger partial charge in [0.2, 0.25) is 10.0 Å². The molecule has 0 spiro atoms. The zero-order valence-electron chi connectivity index (χ0n) is 11.1. The molecule has 7 heteroatoms. The van der Waals surface area contributed by atoms with E-state index < -0.39 is 10.0 Å². The van der Waals surface area contributed by atoms with Gasteiger partial charge in [0.1, 0.15) is 10.6 Å². The molecule has 2 N–H and O–H groups in total. The average molecular weight is 352 g/mol. The van der Waals surface area contributed by atoms with Gasteiger partial charge in [0.25, 0.3) is 0 Å². The molecule has 2 unspecified atom stereocenters. The number of aliphatic hydroxyl groups is 1. The Bertz CT molecular complexity index is 533. The van der Waals surface area contributed by atoms with Crippen LogP contribution in [-0.4, -0.2) is 33.3 Å². The molecule has 19 heavy (non-hydrogen) atoms. The maximum absolute atomic E-state index is 12.3. The summed E-state index contributed by atoms with van der Waals surface area (Å²) in [5.41, 5.74) is 0. The third-order valence-corrected chi connectivity index (χ3v) is 4.97. The zero-order chi connectivity index (χ0) is 14.6. The Balaban J connectivity index is 3.10. The van der Waals surface area contributed by atoms with E-state index in [0.29, 0.717) is 4.47 Å². The van der Waals surface area contributed by atoms with Crippen molar-refractivity contribution in [2.24, 2.45) is 5.92 Å². The molecule has 0 amide bonds. The first-order valence-corrected chi connectivity index (χ1v) is 8.06. The molecule has 1 rings (SSSR count). The fraction of sp³-hybridized carbons (Fsp3) is 0.500. The van der Waals surface area contributed by atoms with Gasteiger partial charge >= 0.3 is 0 Å². The third kappa shape index (κ3) is 4.17. The van der Waals surface area contributed by atoms with Gasteiger partial charge in [-0.1, -0.05) is 22.9 Å². The first-order valence-electron chi connectivity index (χ1n) is 5.78. The summed E-state index contributed by atoms with van der Waals surface area (Å²) in [4.78, 5) is 0.0707. The van der Waals surface area contributed by atoms with Crippen LogP contribution in [0.25, 0.3) is 0 Å². The summed E-state index contributed by atoms with van der Waals surface area (Å²) in [5.74, 6) is 0.104. The molecule has 0 heterocycles. The van der Waals surface area contributed by atoms with E-state index in [2.05, 4.69) is 20.7 Å². The van der Waals surface area contributed by atoms with Crippen molar-refractivity contribution in [1.29, 1.82) is 0 Å². The SMILES string of the molecule is COc1ccc(Br)cc1S(=O)(=O)NC(C)C(C)CO. The van der Waals surface area contributed by atoms with Gasteiger partial charge in [-0.15, -0.1) is 0 Å².